The molecule has 1 aromatic heterocycles. The highest BCUT2D eigenvalue weighted by atomic mass is 32.1. The van der Waals surface area contributed by atoms with Crippen molar-refractivity contribution in [3.63, 3.8) is 0 Å². The van der Waals surface area contributed by atoms with E-state index in [9.17, 15) is 9.18 Å². The maximum atomic E-state index is 13.0. The highest BCUT2D eigenvalue weighted by Gasteiger charge is 2.19. The zero-order valence-electron chi connectivity index (χ0n) is 14.0. The van der Waals surface area contributed by atoms with Crippen molar-refractivity contribution in [2.24, 2.45) is 0 Å². The van der Waals surface area contributed by atoms with E-state index in [1.807, 2.05) is 37.3 Å². The van der Waals surface area contributed by atoms with Gasteiger partial charge in [-0.15, -0.1) is 0 Å². The van der Waals surface area contributed by atoms with Crippen LogP contribution in [0.5, 0.6) is 0 Å². The number of nitrogens with zero attached hydrogens (tertiary/aromatic N) is 2. The molecule has 1 N–H and O–H groups in total. The Hall–Kier alpha value is -2.73. The molecule has 25 heavy (non-hydrogen) atoms. The number of hydrogen-bond donors (Lipinski definition) is 1. The zero-order chi connectivity index (χ0) is 17.8. The van der Waals surface area contributed by atoms with Gasteiger partial charge in [0.15, 0.2) is 5.13 Å². The second kappa shape index (κ2) is 7.44. The van der Waals surface area contributed by atoms with E-state index in [2.05, 4.69) is 10.3 Å². The van der Waals surface area contributed by atoms with Crippen LogP contribution in [0.25, 0.3) is 0 Å². The third kappa shape index (κ3) is 4.22. The summed E-state index contributed by atoms with van der Waals surface area (Å²) in [5.74, 6) is -0.356. The number of carbonyl (C=O) groups is 1. The van der Waals surface area contributed by atoms with Gasteiger partial charge in [0.25, 0.3) is 5.91 Å². The predicted octanol–water partition coefficient (Wildman–Crippen LogP) is 4.61. The maximum Gasteiger partial charge on any atom is 0.265 e. The lowest BCUT2D eigenvalue weighted by molar-refractivity contribution is 0.0789. The number of amides is 1. The summed E-state index contributed by atoms with van der Waals surface area (Å²) < 4.78 is 13.0. The largest absolute Gasteiger partial charge is 0.337 e. The molecule has 0 atom stereocenters. The molecule has 4 nitrogen and oxygen atoms in total. The number of rotatable bonds is 5. The van der Waals surface area contributed by atoms with Crippen LogP contribution in [-0.2, 0) is 6.54 Å². The molecular weight excluding hydrogens is 337 g/mol. The van der Waals surface area contributed by atoms with Gasteiger partial charge in [0.2, 0.25) is 0 Å². The standard InChI is InChI=1S/C19H18FN3OS/c1-13-17(18(24)23(2)12-14-6-4-3-5-7-14)25-19(21-13)22-16-10-8-15(20)9-11-16/h3-11H,12H2,1-2H3,(H,21,22). The number of anilines is 2. The smallest absolute Gasteiger partial charge is 0.265 e. The first kappa shape index (κ1) is 17.1. The van der Waals surface area contributed by atoms with Crippen LogP contribution in [0, 0.1) is 12.7 Å². The average molecular weight is 355 g/mol. The third-order valence-electron chi connectivity index (χ3n) is 3.70. The molecule has 6 heteroatoms. The number of hydrogen-bond acceptors (Lipinski definition) is 4. The highest BCUT2D eigenvalue weighted by Crippen LogP contribution is 2.27. The van der Waals surface area contributed by atoms with Crippen LogP contribution < -0.4 is 5.32 Å². The second-order valence-corrected chi connectivity index (χ2v) is 6.71. The molecule has 1 heterocycles. The molecule has 0 saturated carbocycles. The Morgan fingerprint density at radius 2 is 1.84 bits per heavy atom. The van der Waals surface area contributed by atoms with Crippen molar-refractivity contribution >= 4 is 28.1 Å². The Bertz CT molecular complexity index is 862. The molecule has 0 unspecified atom stereocenters. The molecule has 0 saturated heterocycles. The summed E-state index contributed by atoms with van der Waals surface area (Å²) in [5.41, 5.74) is 2.48. The van der Waals surface area contributed by atoms with E-state index in [1.165, 1.54) is 23.5 Å². The normalized spacial score (nSPS) is 10.5. The Balaban J connectivity index is 1.72. The summed E-state index contributed by atoms with van der Waals surface area (Å²) in [6.45, 7) is 2.35. The van der Waals surface area contributed by atoms with Crippen molar-refractivity contribution in [2.75, 3.05) is 12.4 Å². The minimum Gasteiger partial charge on any atom is -0.337 e. The number of halogens is 1. The molecule has 0 spiro atoms. The zero-order valence-corrected chi connectivity index (χ0v) is 14.8. The van der Waals surface area contributed by atoms with Crippen LogP contribution >= 0.6 is 11.3 Å². The maximum absolute atomic E-state index is 13.0. The molecule has 0 radical (unpaired) electrons. The Labute approximate surface area is 150 Å². The Morgan fingerprint density at radius 3 is 2.52 bits per heavy atom. The van der Waals surface area contributed by atoms with Gasteiger partial charge in [0, 0.05) is 19.3 Å². The molecule has 128 valence electrons. The molecule has 0 aliphatic carbocycles. The van der Waals surface area contributed by atoms with Crippen LogP contribution in [0.1, 0.15) is 20.9 Å². The summed E-state index contributed by atoms with van der Waals surface area (Å²) in [5, 5.41) is 3.72. The minimum atomic E-state index is -0.292. The highest BCUT2D eigenvalue weighted by molar-refractivity contribution is 7.17. The van der Waals surface area contributed by atoms with Crippen molar-refractivity contribution in [3.05, 3.63) is 76.5 Å². The van der Waals surface area contributed by atoms with Crippen LogP contribution in [0.4, 0.5) is 15.2 Å². The summed E-state index contributed by atoms with van der Waals surface area (Å²) in [7, 11) is 1.78. The number of benzene rings is 2. The van der Waals surface area contributed by atoms with E-state index in [4.69, 9.17) is 0 Å². The van der Waals surface area contributed by atoms with Gasteiger partial charge in [-0.1, -0.05) is 41.7 Å². The van der Waals surface area contributed by atoms with Gasteiger partial charge < -0.3 is 10.2 Å². The fourth-order valence-electron chi connectivity index (χ4n) is 2.41. The first-order chi connectivity index (χ1) is 12.0. The molecule has 1 amide bonds. The van der Waals surface area contributed by atoms with Gasteiger partial charge in [-0.05, 0) is 36.8 Å². The lowest BCUT2D eigenvalue weighted by Gasteiger charge is -2.16. The lowest BCUT2D eigenvalue weighted by Crippen LogP contribution is -2.26. The number of aromatic nitrogens is 1. The number of aryl methyl sites for hydroxylation is 1. The van der Waals surface area contributed by atoms with E-state index in [0.717, 1.165) is 11.3 Å². The van der Waals surface area contributed by atoms with E-state index in [-0.39, 0.29) is 11.7 Å². The summed E-state index contributed by atoms with van der Waals surface area (Å²) in [6.07, 6.45) is 0. The molecule has 2 aromatic carbocycles. The molecule has 3 rings (SSSR count). The van der Waals surface area contributed by atoms with Crippen molar-refractivity contribution in [1.82, 2.24) is 9.88 Å². The summed E-state index contributed by atoms with van der Waals surface area (Å²) in [6, 6.07) is 15.9. The van der Waals surface area contributed by atoms with Crippen LogP contribution in [-0.4, -0.2) is 22.8 Å². The van der Waals surface area contributed by atoms with Crippen molar-refractivity contribution in [2.45, 2.75) is 13.5 Å². The number of nitrogens with one attached hydrogen (secondary N) is 1. The first-order valence-corrected chi connectivity index (χ1v) is 8.64. The topological polar surface area (TPSA) is 45.2 Å². The molecule has 0 aliphatic heterocycles. The number of carbonyl (C=O) groups excluding carboxylic acids is 1. The van der Waals surface area contributed by atoms with Crippen molar-refractivity contribution < 1.29 is 9.18 Å². The average Bonchev–Trinajstić information content (AvgIpc) is 2.97. The molecule has 0 aliphatic rings. The van der Waals surface area contributed by atoms with Crippen LogP contribution in [0.2, 0.25) is 0 Å². The molecule has 0 fully saturated rings. The van der Waals surface area contributed by atoms with Crippen LogP contribution in [0.3, 0.4) is 0 Å². The minimum absolute atomic E-state index is 0.0639. The molecular formula is C19H18FN3OS. The van der Waals surface area contributed by atoms with Crippen LogP contribution in [0.15, 0.2) is 54.6 Å². The van der Waals surface area contributed by atoms with E-state index < -0.39 is 0 Å². The van der Waals surface area contributed by atoms with Gasteiger partial charge in [-0.2, -0.15) is 0 Å². The lowest BCUT2D eigenvalue weighted by atomic mass is 10.2. The van der Waals surface area contributed by atoms with Gasteiger partial charge in [-0.3, -0.25) is 4.79 Å². The van der Waals surface area contributed by atoms with Crippen molar-refractivity contribution in [1.29, 1.82) is 0 Å². The van der Waals surface area contributed by atoms with E-state index in [1.54, 1.807) is 24.1 Å². The third-order valence-corrected chi connectivity index (χ3v) is 4.76. The molecule has 3 aromatic rings. The van der Waals surface area contributed by atoms with Gasteiger partial charge in [-0.25, -0.2) is 9.37 Å². The second-order valence-electron chi connectivity index (χ2n) is 5.71. The molecule has 0 bridgehead atoms. The summed E-state index contributed by atoms with van der Waals surface area (Å²) >= 11 is 1.30. The van der Waals surface area contributed by atoms with Gasteiger partial charge >= 0.3 is 0 Å². The number of thiazole rings is 1. The van der Waals surface area contributed by atoms with Gasteiger partial charge in [0.05, 0.1) is 5.69 Å². The van der Waals surface area contributed by atoms with E-state index >= 15 is 0 Å². The monoisotopic (exact) mass is 355 g/mol. The van der Waals surface area contributed by atoms with Gasteiger partial charge in [0.1, 0.15) is 10.7 Å². The van der Waals surface area contributed by atoms with Crippen molar-refractivity contribution in [3.8, 4) is 0 Å². The Kier molecular flexibility index (Phi) is 5.09. The quantitative estimate of drug-likeness (QED) is 0.727. The first-order valence-electron chi connectivity index (χ1n) is 7.82. The fraction of sp³-hybridized carbons (Fsp3) is 0.158. The van der Waals surface area contributed by atoms with E-state index in [0.29, 0.717) is 22.2 Å². The Morgan fingerprint density at radius 1 is 1.16 bits per heavy atom. The fourth-order valence-corrected chi connectivity index (χ4v) is 3.39. The summed E-state index contributed by atoms with van der Waals surface area (Å²) in [4.78, 5) is 19.4. The predicted molar refractivity (Wildman–Crippen MR) is 98.8 cm³/mol. The SMILES string of the molecule is Cc1nc(Nc2ccc(F)cc2)sc1C(=O)N(C)Cc1ccccc1.